The molecule has 0 atom stereocenters. The molecule has 8 nitrogen and oxygen atoms in total. The molecule has 3 aromatic rings. The van der Waals surface area contributed by atoms with Crippen LogP contribution in [-0.4, -0.2) is 40.3 Å². The number of hydrogen-bond donors (Lipinski definition) is 0. The van der Waals surface area contributed by atoms with E-state index in [2.05, 4.69) is 10.3 Å². The number of carbonyl (C=O) groups excluding carboxylic acids is 2. The van der Waals surface area contributed by atoms with E-state index in [4.69, 9.17) is 16.1 Å². The second-order valence-electron chi connectivity index (χ2n) is 7.28. The summed E-state index contributed by atoms with van der Waals surface area (Å²) in [5.74, 6) is 0.800. The SMILES string of the molecule is Cc1cc2n(n1)CCCN2C(=O)CCC(=O)N(C)c1cc(-c2cccc(Cl)c2)no1. The van der Waals surface area contributed by atoms with Gasteiger partial charge in [0.05, 0.1) is 5.69 Å². The van der Waals surface area contributed by atoms with Gasteiger partial charge in [-0.05, 0) is 25.5 Å². The van der Waals surface area contributed by atoms with Crippen LogP contribution in [0.15, 0.2) is 40.9 Å². The first kappa shape index (κ1) is 20.2. The molecule has 0 fully saturated rings. The first-order chi connectivity index (χ1) is 14.4. The molecule has 0 N–H and O–H groups in total. The van der Waals surface area contributed by atoms with Crippen LogP contribution in [-0.2, 0) is 16.1 Å². The number of anilines is 2. The van der Waals surface area contributed by atoms with Crippen molar-refractivity contribution in [3.63, 3.8) is 0 Å². The monoisotopic (exact) mass is 427 g/mol. The molecule has 0 saturated carbocycles. The minimum absolute atomic E-state index is 0.0755. The van der Waals surface area contributed by atoms with Gasteiger partial charge in [0.15, 0.2) is 0 Å². The van der Waals surface area contributed by atoms with Crippen molar-refractivity contribution in [2.75, 3.05) is 23.4 Å². The minimum atomic E-state index is -0.223. The van der Waals surface area contributed by atoms with Crippen LogP contribution in [0.25, 0.3) is 11.3 Å². The van der Waals surface area contributed by atoms with E-state index in [1.165, 1.54) is 4.90 Å². The fourth-order valence-electron chi connectivity index (χ4n) is 3.51. The van der Waals surface area contributed by atoms with Crippen molar-refractivity contribution in [1.82, 2.24) is 14.9 Å². The molecule has 156 valence electrons. The third-order valence-corrected chi connectivity index (χ3v) is 5.32. The lowest BCUT2D eigenvalue weighted by molar-refractivity contribution is -0.123. The summed E-state index contributed by atoms with van der Waals surface area (Å²) in [7, 11) is 1.61. The van der Waals surface area contributed by atoms with Gasteiger partial charge in [-0.3, -0.25) is 19.4 Å². The number of rotatable bonds is 5. The molecule has 0 unspecified atom stereocenters. The van der Waals surface area contributed by atoms with E-state index in [-0.39, 0.29) is 24.7 Å². The van der Waals surface area contributed by atoms with E-state index in [1.54, 1.807) is 30.1 Å². The summed E-state index contributed by atoms with van der Waals surface area (Å²) in [6.45, 7) is 3.34. The first-order valence-corrected chi connectivity index (χ1v) is 10.1. The molecule has 2 aromatic heterocycles. The number of amides is 2. The molecule has 3 heterocycles. The van der Waals surface area contributed by atoms with Crippen molar-refractivity contribution < 1.29 is 14.1 Å². The van der Waals surface area contributed by atoms with Crippen LogP contribution in [0.4, 0.5) is 11.7 Å². The molecule has 4 rings (SSSR count). The molecule has 9 heteroatoms. The maximum Gasteiger partial charge on any atom is 0.234 e. The summed E-state index contributed by atoms with van der Waals surface area (Å²) in [6.07, 6.45) is 1.03. The lowest BCUT2D eigenvalue weighted by Gasteiger charge is -2.27. The predicted molar refractivity (Wildman–Crippen MR) is 114 cm³/mol. The Balaban J connectivity index is 1.38. The van der Waals surface area contributed by atoms with Crippen LogP contribution in [0.1, 0.15) is 25.0 Å². The summed E-state index contributed by atoms with van der Waals surface area (Å²) in [4.78, 5) is 28.4. The third kappa shape index (κ3) is 4.09. The van der Waals surface area contributed by atoms with Gasteiger partial charge in [-0.15, -0.1) is 0 Å². The Hall–Kier alpha value is -3.13. The average Bonchev–Trinajstić information content (AvgIpc) is 3.37. The lowest BCUT2D eigenvalue weighted by atomic mass is 10.1. The number of fused-ring (bicyclic) bond motifs is 1. The van der Waals surface area contributed by atoms with Crippen LogP contribution < -0.4 is 9.80 Å². The van der Waals surface area contributed by atoms with E-state index in [1.807, 2.05) is 29.8 Å². The van der Waals surface area contributed by atoms with Crippen molar-refractivity contribution >= 4 is 35.1 Å². The molecular formula is C21H22ClN5O3. The Labute approximate surface area is 179 Å². The van der Waals surface area contributed by atoms with Gasteiger partial charge in [0.25, 0.3) is 0 Å². The van der Waals surface area contributed by atoms with Crippen LogP contribution >= 0.6 is 11.6 Å². The van der Waals surface area contributed by atoms with Gasteiger partial charge in [0, 0.05) is 55.7 Å². The molecular weight excluding hydrogens is 406 g/mol. The van der Waals surface area contributed by atoms with Gasteiger partial charge in [0.1, 0.15) is 11.5 Å². The van der Waals surface area contributed by atoms with Gasteiger partial charge in [0.2, 0.25) is 17.7 Å². The van der Waals surface area contributed by atoms with Crippen LogP contribution in [0.3, 0.4) is 0 Å². The number of halogens is 1. The Morgan fingerprint density at radius 1 is 1.20 bits per heavy atom. The molecule has 0 bridgehead atoms. The van der Waals surface area contributed by atoms with Crippen LogP contribution in [0.5, 0.6) is 0 Å². The van der Waals surface area contributed by atoms with Gasteiger partial charge >= 0.3 is 0 Å². The second-order valence-corrected chi connectivity index (χ2v) is 7.72. The fourth-order valence-corrected chi connectivity index (χ4v) is 3.70. The third-order valence-electron chi connectivity index (χ3n) is 5.09. The standard InChI is InChI=1S/C21H22ClN5O3/c1-14-11-18-26(9-4-10-27(18)23-14)20(29)8-7-19(28)25(2)21-13-17(24-30-21)15-5-3-6-16(22)12-15/h3,5-6,11-13H,4,7-10H2,1-2H3. The summed E-state index contributed by atoms with van der Waals surface area (Å²) in [5, 5.41) is 9.01. The largest absolute Gasteiger partial charge is 0.338 e. The molecule has 0 saturated heterocycles. The highest BCUT2D eigenvalue weighted by molar-refractivity contribution is 6.30. The van der Waals surface area contributed by atoms with Crippen LogP contribution in [0, 0.1) is 6.92 Å². The molecule has 30 heavy (non-hydrogen) atoms. The predicted octanol–water partition coefficient (Wildman–Crippen LogP) is 3.68. The maximum atomic E-state index is 12.7. The number of nitrogens with zero attached hydrogens (tertiary/aromatic N) is 5. The number of carbonyl (C=O) groups is 2. The summed E-state index contributed by atoms with van der Waals surface area (Å²) in [6, 6.07) is 10.8. The van der Waals surface area contributed by atoms with Crippen molar-refractivity contribution in [2.45, 2.75) is 32.7 Å². The molecule has 0 spiro atoms. The molecule has 1 aliphatic rings. The highest BCUT2D eigenvalue weighted by Gasteiger charge is 2.25. The molecule has 1 aromatic carbocycles. The average molecular weight is 428 g/mol. The van der Waals surface area contributed by atoms with Crippen molar-refractivity contribution in [3.8, 4) is 11.3 Å². The summed E-state index contributed by atoms with van der Waals surface area (Å²) in [5.41, 5.74) is 2.26. The zero-order valence-electron chi connectivity index (χ0n) is 16.8. The molecule has 0 radical (unpaired) electrons. The first-order valence-electron chi connectivity index (χ1n) is 9.76. The summed E-state index contributed by atoms with van der Waals surface area (Å²) < 4.78 is 7.16. The number of aromatic nitrogens is 3. The smallest absolute Gasteiger partial charge is 0.234 e. The van der Waals surface area contributed by atoms with Gasteiger partial charge < -0.3 is 4.52 Å². The Morgan fingerprint density at radius 3 is 2.83 bits per heavy atom. The minimum Gasteiger partial charge on any atom is -0.338 e. The highest BCUT2D eigenvalue weighted by Crippen LogP contribution is 2.26. The fraction of sp³-hybridized carbons (Fsp3) is 0.333. The Kier molecular flexibility index (Phi) is 5.59. The van der Waals surface area contributed by atoms with Gasteiger partial charge in [-0.25, -0.2) is 4.68 Å². The number of benzene rings is 1. The quantitative estimate of drug-likeness (QED) is 0.620. The number of aryl methyl sites for hydroxylation is 2. The van der Waals surface area contributed by atoms with E-state index in [9.17, 15) is 9.59 Å². The topological polar surface area (TPSA) is 84.5 Å². The van der Waals surface area contributed by atoms with Gasteiger partial charge in [-0.1, -0.05) is 28.9 Å². The van der Waals surface area contributed by atoms with Crippen LogP contribution in [0.2, 0.25) is 5.02 Å². The normalized spacial score (nSPS) is 13.2. The Bertz CT molecular complexity index is 1090. The maximum absolute atomic E-state index is 12.7. The van der Waals surface area contributed by atoms with E-state index in [0.29, 0.717) is 23.1 Å². The van der Waals surface area contributed by atoms with Crippen molar-refractivity contribution in [2.24, 2.45) is 0 Å². The zero-order valence-corrected chi connectivity index (χ0v) is 17.6. The molecule has 0 aliphatic carbocycles. The Morgan fingerprint density at radius 2 is 2.03 bits per heavy atom. The van der Waals surface area contributed by atoms with Crippen molar-refractivity contribution in [3.05, 3.63) is 47.1 Å². The van der Waals surface area contributed by atoms with E-state index in [0.717, 1.165) is 30.0 Å². The second kappa shape index (κ2) is 8.31. The lowest BCUT2D eigenvalue weighted by Crippen LogP contribution is -2.38. The molecule has 1 aliphatic heterocycles. The number of hydrogen-bond acceptors (Lipinski definition) is 5. The summed E-state index contributed by atoms with van der Waals surface area (Å²) >= 11 is 6.02. The van der Waals surface area contributed by atoms with E-state index >= 15 is 0 Å². The van der Waals surface area contributed by atoms with Crippen molar-refractivity contribution in [1.29, 1.82) is 0 Å². The molecule has 2 amide bonds. The highest BCUT2D eigenvalue weighted by atomic mass is 35.5. The zero-order chi connectivity index (χ0) is 21.3. The van der Waals surface area contributed by atoms with Gasteiger partial charge in [-0.2, -0.15) is 5.10 Å². The van der Waals surface area contributed by atoms with E-state index < -0.39 is 0 Å².